The number of nitrogen functional groups attached to an aromatic ring is 1. The second-order valence-corrected chi connectivity index (χ2v) is 8.84. The van der Waals surface area contributed by atoms with Crippen LogP contribution < -0.4 is 10.6 Å². The summed E-state index contributed by atoms with van der Waals surface area (Å²) < 4.78 is 94.7. The lowest BCUT2D eigenvalue weighted by Gasteiger charge is -2.26. The number of rotatable bonds is 2. The Labute approximate surface area is 203 Å². The third-order valence-electron chi connectivity index (χ3n) is 5.53. The fraction of sp³-hybridized carbons (Fsp3) is 0.261. The maximum Gasteiger partial charge on any atom is 0.416 e. The number of halogens is 7. The van der Waals surface area contributed by atoms with E-state index in [1.807, 2.05) is 0 Å². The van der Waals surface area contributed by atoms with Crippen molar-refractivity contribution in [2.24, 2.45) is 0 Å². The van der Waals surface area contributed by atoms with E-state index in [-0.39, 0.29) is 41.3 Å². The molecule has 0 spiro atoms. The number of aromatic nitrogens is 2. The van der Waals surface area contributed by atoms with Crippen molar-refractivity contribution in [1.29, 1.82) is 0 Å². The lowest BCUT2D eigenvalue weighted by atomic mass is 9.88. The van der Waals surface area contributed by atoms with Crippen molar-refractivity contribution in [3.8, 4) is 11.8 Å². The fourth-order valence-corrected chi connectivity index (χ4v) is 4.45. The van der Waals surface area contributed by atoms with Crippen molar-refractivity contribution in [3.63, 3.8) is 0 Å². The summed E-state index contributed by atoms with van der Waals surface area (Å²) in [5.74, 6) is 2.47. The minimum atomic E-state index is -5.15. The van der Waals surface area contributed by atoms with Gasteiger partial charge in [-0.05, 0) is 60.2 Å². The highest BCUT2D eigenvalue weighted by Gasteiger charge is 2.42. The van der Waals surface area contributed by atoms with E-state index in [0.717, 1.165) is 28.4 Å². The van der Waals surface area contributed by atoms with Crippen molar-refractivity contribution in [3.05, 3.63) is 69.5 Å². The van der Waals surface area contributed by atoms with Gasteiger partial charge in [-0.25, -0.2) is 4.39 Å². The van der Waals surface area contributed by atoms with Gasteiger partial charge < -0.3 is 5.73 Å². The molecule has 1 unspecified atom stereocenters. The summed E-state index contributed by atoms with van der Waals surface area (Å²) in [4.78, 5) is 14.6. The molecule has 2 heterocycles. The molecule has 3 aromatic rings. The lowest BCUT2D eigenvalue weighted by Crippen LogP contribution is -2.35. The van der Waals surface area contributed by atoms with E-state index in [2.05, 4.69) is 22.0 Å². The molecule has 1 aliphatic rings. The number of nitrogens with two attached hydrogens (primary N) is 1. The number of aryl methyl sites for hydroxylation is 1. The summed E-state index contributed by atoms with van der Waals surface area (Å²) in [7, 11) is 0. The number of carbonyl (C=O) groups excluding carboxylic acids is 1. The minimum Gasteiger partial charge on any atom is -0.374 e. The van der Waals surface area contributed by atoms with E-state index < -0.39 is 46.7 Å². The summed E-state index contributed by atoms with van der Waals surface area (Å²) in [6.07, 6.45) is -10.3. The molecular formula is C23H15F7N4OS. The molecular weight excluding hydrogens is 513 g/mol. The quantitative estimate of drug-likeness (QED) is 0.357. The smallest absolute Gasteiger partial charge is 0.374 e. The van der Waals surface area contributed by atoms with Crippen LogP contribution >= 0.6 is 11.3 Å². The van der Waals surface area contributed by atoms with E-state index in [0.29, 0.717) is 17.7 Å². The van der Waals surface area contributed by atoms with Gasteiger partial charge in [0.15, 0.2) is 5.01 Å². The van der Waals surface area contributed by atoms with Crippen LogP contribution in [0.2, 0.25) is 0 Å². The highest BCUT2D eigenvalue weighted by Crippen LogP contribution is 2.42. The molecule has 1 aliphatic heterocycles. The Morgan fingerprint density at radius 3 is 2.44 bits per heavy atom. The largest absolute Gasteiger partial charge is 0.416 e. The fourth-order valence-electron chi connectivity index (χ4n) is 3.96. The Bertz CT molecular complexity index is 1370. The average molecular weight is 528 g/mol. The first kappa shape index (κ1) is 25.4. The number of fused-ring (bicyclic) bond motifs is 1. The third-order valence-corrected chi connectivity index (χ3v) is 6.20. The predicted molar refractivity (Wildman–Crippen MR) is 117 cm³/mol. The molecule has 0 aliphatic carbocycles. The molecule has 5 nitrogen and oxygen atoms in total. The van der Waals surface area contributed by atoms with Gasteiger partial charge in [-0.3, -0.25) is 9.69 Å². The Kier molecular flexibility index (Phi) is 6.66. The van der Waals surface area contributed by atoms with Gasteiger partial charge in [-0.1, -0.05) is 23.3 Å². The summed E-state index contributed by atoms with van der Waals surface area (Å²) in [6.45, 7) is -0.296. The van der Waals surface area contributed by atoms with Crippen molar-refractivity contribution >= 4 is 28.1 Å². The molecule has 1 amide bonds. The number of nitrogens with zero attached hydrogens (tertiary/aromatic N) is 3. The van der Waals surface area contributed by atoms with Gasteiger partial charge in [-0.15, -0.1) is 10.2 Å². The number of anilines is 2. The first-order chi connectivity index (χ1) is 16.8. The average Bonchev–Trinajstić information content (AvgIpc) is 3.15. The Hall–Kier alpha value is -3.66. The van der Waals surface area contributed by atoms with Crippen LogP contribution in [0.25, 0.3) is 0 Å². The monoisotopic (exact) mass is 528 g/mol. The number of hydrogen-bond donors (Lipinski definition) is 1. The molecule has 2 N–H and O–H groups in total. The topological polar surface area (TPSA) is 72.1 Å². The molecule has 0 saturated heterocycles. The Balaban J connectivity index is 1.78. The number of benzene rings is 2. The number of hydrogen-bond acceptors (Lipinski definition) is 5. The van der Waals surface area contributed by atoms with Gasteiger partial charge >= 0.3 is 12.4 Å². The molecule has 188 valence electrons. The zero-order valence-electron chi connectivity index (χ0n) is 18.0. The molecule has 2 aromatic carbocycles. The molecule has 13 heteroatoms. The van der Waals surface area contributed by atoms with Crippen LogP contribution in [-0.2, 0) is 23.6 Å². The molecule has 36 heavy (non-hydrogen) atoms. The highest BCUT2D eigenvalue weighted by atomic mass is 32.1. The van der Waals surface area contributed by atoms with Crippen LogP contribution in [0.1, 0.15) is 39.6 Å². The number of amides is 1. The summed E-state index contributed by atoms with van der Waals surface area (Å²) in [5.41, 5.74) is 2.47. The minimum absolute atomic E-state index is 0.00429. The third kappa shape index (κ3) is 5.28. The normalized spacial score (nSPS) is 16.2. The van der Waals surface area contributed by atoms with E-state index in [4.69, 9.17) is 5.73 Å². The zero-order chi connectivity index (χ0) is 26.3. The molecule has 0 radical (unpaired) electrons. The van der Waals surface area contributed by atoms with Crippen molar-refractivity contribution in [1.82, 2.24) is 10.2 Å². The van der Waals surface area contributed by atoms with E-state index >= 15 is 0 Å². The molecule has 0 fully saturated rings. The zero-order valence-corrected chi connectivity index (χ0v) is 18.9. The maximum absolute atomic E-state index is 13.9. The summed E-state index contributed by atoms with van der Waals surface area (Å²) in [5, 5.41) is 7.73. The van der Waals surface area contributed by atoms with Gasteiger partial charge in [0.1, 0.15) is 5.82 Å². The van der Waals surface area contributed by atoms with Crippen LogP contribution in [0.4, 0.5) is 41.6 Å². The maximum atomic E-state index is 13.9. The number of carbonyl (C=O) groups is 1. The van der Waals surface area contributed by atoms with Crippen molar-refractivity contribution in [2.45, 2.75) is 31.1 Å². The van der Waals surface area contributed by atoms with E-state index in [9.17, 15) is 35.5 Å². The molecule has 0 bridgehead atoms. The first-order valence-electron chi connectivity index (χ1n) is 10.3. The molecule has 1 aromatic heterocycles. The SMILES string of the molecule is Nc1nnc(C#CCN2C(=O)C(c3ccc(C(F)(F)F)cc3C(F)(F)F)CCc3cc(F)ccc32)s1. The van der Waals surface area contributed by atoms with Gasteiger partial charge in [0.2, 0.25) is 11.0 Å². The van der Waals surface area contributed by atoms with Gasteiger partial charge in [0.05, 0.1) is 23.6 Å². The molecule has 0 saturated carbocycles. The lowest BCUT2D eigenvalue weighted by molar-refractivity contribution is -0.143. The van der Waals surface area contributed by atoms with Crippen LogP contribution in [0.3, 0.4) is 0 Å². The Morgan fingerprint density at radius 1 is 1.06 bits per heavy atom. The van der Waals surface area contributed by atoms with Crippen LogP contribution in [0.5, 0.6) is 0 Å². The predicted octanol–water partition coefficient (Wildman–Crippen LogP) is 5.41. The summed E-state index contributed by atoms with van der Waals surface area (Å²) >= 11 is 0.984. The second-order valence-electron chi connectivity index (χ2n) is 7.83. The van der Waals surface area contributed by atoms with E-state index in [1.165, 1.54) is 6.07 Å². The Morgan fingerprint density at radius 2 is 1.81 bits per heavy atom. The van der Waals surface area contributed by atoms with Gasteiger partial charge in [0, 0.05) is 5.69 Å². The molecule has 1 atom stereocenters. The van der Waals surface area contributed by atoms with E-state index in [1.54, 1.807) is 0 Å². The molecule has 4 rings (SSSR count). The van der Waals surface area contributed by atoms with Crippen molar-refractivity contribution in [2.75, 3.05) is 17.2 Å². The highest BCUT2D eigenvalue weighted by molar-refractivity contribution is 7.15. The van der Waals surface area contributed by atoms with Gasteiger partial charge in [-0.2, -0.15) is 26.3 Å². The first-order valence-corrected chi connectivity index (χ1v) is 11.1. The van der Waals surface area contributed by atoms with Crippen molar-refractivity contribution < 1.29 is 35.5 Å². The van der Waals surface area contributed by atoms with Crippen LogP contribution in [-0.4, -0.2) is 22.6 Å². The van der Waals surface area contributed by atoms with Crippen LogP contribution in [0.15, 0.2) is 36.4 Å². The second kappa shape index (κ2) is 9.42. The number of alkyl halides is 6. The standard InChI is InChI=1S/C23H15F7N4OS/c24-14-5-8-18-12(10-14)3-6-16(20(35)34(18)9-1-2-19-32-33-21(31)36-19)15-7-4-13(22(25,26)27)11-17(15)23(28,29)30/h4-5,7-8,10-11,16H,3,6,9H2,(H2,31,33). The summed E-state index contributed by atoms with van der Waals surface area (Å²) in [6, 6.07) is 4.77. The van der Waals surface area contributed by atoms with Gasteiger partial charge in [0.25, 0.3) is 0 Å². The van der Waals surface area contributed by atoms with Crippen LogP contribution in [0, 0.1) is 17.7 Å².